The van der Waals surface area contributed by atoms with Gasteiger partial charge in [0.25, 0.3) is 5.91 Å². The second-order valence-electron chi connectivity index (χ2n) is 8.10. The van der Waals surface area contributed by atoms with E-state index in [1.54, 1.807) is 65.6 Å². The number of fused-ring (bicyclic) bond motifs is 1. The van der Waals surface area contributed by atoms with Crippen molar-refractivity contribution in [3.8, 4) is 11.1 Å². The van der Waals surface area contributed by atoms with E-state index in [1.165, 1.54) is 12.1 Å². The van der Waals surface area contributed by atoms with E-state index < -0.39 is 5.72 Å². The minimum atomic E-state index is -1.29. The summed E-state index contributed by atoms with van der Waals surface area (Å²) in [6.07, 6.45) is 2.01. The van der Waals surface area contributed by atoms with E-state index in [1.807, 2.05) is 0 Å². The van der Waals surface area contributed by atoms with Crippen LogP contribution in [0.4, 0.5) is 21.5 Å². The number of carbonyl (C=O) groups excluding carboxylic acids is 2. The van der Waals surface area contributed by atoms with Crippen LogP contribution >= 0.6 is 0 Å². The normalized spacial score (nSPS) is 18.9. The molecule has 0 bridgehead atoms. The van der Waals surface area contributed by atoms with Gasteiger partial charge in [0, 0.05) is 17.7 Å². The fraction of sp³-hybridized carbons (Fsp3) is 0.120. The first kappa shape index (κ1) is 20.7. The van der Waals surface area contributed by atoms with Gasteiger partial charge < -0.3 is 26.4 Å². The maximum Gasteiger partial charge on any atom is 0.255 e. The molecule has 1 atom stereocenters. The van der Waals surface area contributed by atoms with Crippen LogP contribution in [0.2, 0.25) is 0 Å². The monoisotopic (exact) mass is 444 g/mol. The third-order valence-electron chi connectivity index (χ3n) is 5.85. The maximum atomic E-state index is 13.2. The number of hydrogen-bond acceptors (Lipinski definition) is 5. The Morgan fingerprint density at radius 3 is 2.42 bits per heavy atom. The quantitative estimate of drug-likeness (QED) is 0.356. The minimum absolute atomic E-state index is 0.0220. The molecule has 33 heavy (non-hydrogen) atoms. The summed E-state index contributed by atoms with van der Waals surface area (Å²) in [5, 5.41) is 16.5. The van der Waals surface area contributed by atoms with E-state index in [0.717, 1.165) is 11.1 Å². The second-order valence-corrected chi connectivity index (χ2v) is 8.10. The molecule has 0 radical (unpaired) electrons. The highest BCUT2D eigenvalue weighted by atomic mass is 19.1. The summed E-state index contributed by atoms with van der Waals surface area (Å²) < 4.78 is 13.2. The highest BCUT2D eigenvalue weighted by Gasteiger charge is 2.51. The zero-order valence-electron chi connectivity index (χ0n) is 17.5. The fourth-order valence-corrected chi connectivity index (χ4v) is 4.05. The van der Waals surface area contributed by atoms with Gasteiger partial charge in [-0.2, -0.15) is 0 Å². The van der Waals surface area contributed by atoms with Crippen LogP contribution in [0.5, 0.6) is 0 Å². The molecule has 0 aliphatic carbocycles. The molecule has 2 aliphatic heterocycles. The van der Waals surface area contributed by atoms with E-state index in [9.17, 15) is 19.1 Å². The molecule has 1 saturated heterocycles. The molecule has 1 fully saturated rings. The Hall–Kier alpha value is -4.17. The van der Waals surface area contributed by atoms with Gasteiger partial charge in [0.15, 0.2) is 5.72 Å². The molecule has 5 rings (SSSR count). The number of aliphatic hydroxyl groups is 1. The van der Waals surface area contributed by atoms with E-state index in [4.69, 9.17) is 5.73 Å². The van der Waals surface area contributed by atoms with Gasteiger partial charge in [0.1, 0.15) is 5.82 Å². The van der Waals surface area contributed by atoms with E-state index in [0.29, 0.717) is 34.7 Å². The molecule has 2 heterocycles. The zero-order valence-corrected chi connectivity index (χ0v) is 17.5. The van der Waals surface area contributed by atoms with Gasteiger partial charge in [0.2, 0.25) is 5.91 Å². The van der Waals surface area contributed by atoms with Gasteiger partial charge in [-0.3, -0.25) is 9.59 Å². The van der Waals surface area contributed by atoms with Crippen molar-refractivity contribution in [3.05, 3.63) is 89.9 Å². The molecule has 7 nitrogen and oxygen atoms in total. The summed E-state index contributed by atoms with van der Waals surface area (Å²) in [5.74, 6) is -0.690. The van der Waals surface area contributed by atoms with Crippen LogP contribution in [0.15, 0.2) is 78.5 Å². The molecule has 0 spiro atoms. The third-order valence-corrected chi connectivity index (χ3v) is 5.85. The standard InChI is InChI=1S/C25H21FN4O3/c26-18-6-1-15(2-7-18)17-5-10-20(27)21(13-17)28-24(32)16-3-8-19(9-4-16)29-25(33)14-30-22(25)11-12-23(30)31/h1-11,13,29,33H,12,14,27H2,(H,28,32). The summed E-state index contributed by atoms with van der Waals surface area (Å²) >= 11 is 0. The molecule has 166 valence electrons. The van der Waals surface area contributed by atoms with Gasteiger partial charge in [0.05, 0.1) is 23.6 Å². The van der Waals surface area contributed by atoms with Crippen LogP contribution in [-0.4, -0.2) is 34.1 Å². The van der Waals surface area contributed by atoms with Crippen LogP contribution in [0.1, 0.15) is 16.8 Å². The highest BCUT2D eigenvalue weighted by molar-refractivity contribution is 6.06. The number of rotatable bonds is 5. The van der Waals surface area contributed by atoms with Crippen LogP contribution in [-0.2, 0) is 4.79 Å². The van der Waals surface area contributed by atoms with Crippen molar-refractivity contribution in [3.63, 3.8) is 0 Å². The topological polar surface area (TPSA) is 108 Å². The number of halogens is 1. The van der Waals surface area contributed by atoms with Crippen molar-refractivity contribution in [1.82, 2.24) is 4.90 Å². The van der Waals surface area contributed by atoms with Gasteiger partial charge >= 0.3 is 0 Å². The minimum Gasteiger partial charge on any atom is -0.397 e. The second kappa shape index (κ2) is 7.75. The Labute approximate surface area is 189 Å². The van der Waals surface area contributed by atoms with Crippen LogP contribution in [0.25, 0.3) is 11.1 Å². The first-order valence-electron chi connectivity index (χ1n) is 10.4. The highest BCUT2D eigenvalue weighted by Crippen LogP contribution is 2.38. The van der Waals surface area contributed by atoms with E-state index in [2.05, 4.69) is 10.6 Å². The van der Waals surface area contributed by atoms with Crippen LogP contribution in [0, 0.1) is 5.82 Å². The lowest BCUT2D eigenvalue weighted by Crippen LogP contribution is -2.63. The summed E-state index contributed by atoms with van der Waals surface area (Å²) in [5.41, 5.74) is 8.79. The van der Waals surface area contributed by atoms with Gasteiger partial charge in [-0.25, -0.2) is 4.39 Å². The molecule has 2 amide bonds. The molecule has 2 aliphatic rings. The largest absolute Gasteiger partial charge is 0.397 e. The smallest absolute Gasteiger partial charge is 0.255 e. The molecule has 1 unspecified atom stereocenters. The third kappa shape index (κ3) is 3.81. The molecular formula is C25H21FN4O3. The number of hydrogen-bond donors (Lipinski definition) is 4. The van der Waals surface area contributed by atoms with E-state index in [-0.39, 0.29) is 24.2 Å². The van der Waals surface area contributed by atoms with Gasteiger partial charge in [-0.05, 0) is 59.7 Å². The molecule has 3 aromatic rings. The zero-order chi connectivity index (χ0) is 23.2. The fourth-order valence-electron chi connectivity index (χ4n) is 4.05. The summed E-state index contributed by atoms with van der Waals surface area (Å²) in [4.78, 5) is 26.0. The molecule has 3 aromatic carbocycles. The van der Waals surface area contributed by atoms with Crippen LogP contribution in [0.3, 0.4) is 0 Å². The molecule has 5 N–H and O–H groups in total. The first-order valence-corrected chi connectivity index (χ1v) is 10.4. The lowest BCUT2D eigenvalue weighted by Gasteiger charge is -2.47. The van der Waals surface area contributed by atoms with Crippen molar-refractivity contribution in [2.45, 2.75) is 12.1 Å². The summed E-state index contributed by atoms with van der Waals surface area (Å²) in [6.45, 7) is 0.184. The van der Waals surface area contributed by atoms with E-state index >= 15 is 0 Å². The maximum absolute atomic E-state index is 13.2. The Morgan fingerprint density at radius 2 is 1.73 bits per heavy atom. The SMILES string of the molecule is Nc1ccc(-c2ccc(F)cc2)cc1NC(=O)c1ccc(NC2(O)CN3C(=O)CC=C32)cc1. The number of nitrogens with two attached hydrogens (primary N) is 1. The summed E-state index contributed by atoms with van der Waals surface area (Å²) in [6, 6.07) is 17.9. The number of nitrogens with one attached hydrogen (secondary N) is 2. The number of nitrogens with zero attached hydrogens (tertiary/aromatic N) is 1. The van der Waals surface area contributed by atoms with Crippen molar-refractivity contribution in [1.29, 1.82) is 0 Å². The molecular weight excluding hydrogens is 423 g/mol. The predicted molar refractivity (Wildman–Crippen MR) is 124 cm³/mol. The average molecular weight is 444 g/mol. The van der Waals surface area contributed by atoms with Crippen molar-refractivity contribution >= 4 is 28.9 Å². The predicted octanol–water partition coefficient (Wildman–Crippen LogP) is 3.56. The summed E-state index contributed by atoms with van der Waals surface area (Å²) in [7, 11) is 0. The Bertz CT molecular complexity index is 1290. The number of nitrogen functional groups attached to an aromatic ring is 1. The van der Waals surface area contributed by atoms with Gasteiger partial charge in [-0.15, -0.1) is 0 Å². The van der Waals surface area contributed by atoms with Crippen molar-refractivity contribution < 1.29 is 19.1 Å². The molecule has 0 aromatic heterocycles. The number of carbonyl (C=O) groups is 2. The first-order chi connectivity index (χ1) is 15.8. The van der Waals surface area contributed by atoms with Crippen molar-refractivity contribution in [2.24, 2.45) is 0 Å². The Balaban J connectivity index is 1.28. The molecule has 0 saturated carbocycles. The Morgan fingerprint density at radius 1 is 1.03 bits per heavy atom. The van der Waals surface area contributed by atoms with Crippen molar-refractivity contribution in [2.75, 3.05) is 22.9 Å². The lowest BCUT2D eigenvalue weighted by atomic mass is 9.99. The van der Waals surface area contributed by atoms with Gasteiger partial charge in [-0.1, -0.05) is 24.3 Å². The number of benzene rings is 3. The van der Waals surface area contributed by atoms with Crippen LogP contribution < -0.4 is 16.4 Å². The lowest BCUT2D eigenvalue weighted by molar-refractivity contribution is -0.136. The Kier molecular flexibility index (Phi) is 4.87. The number of amides is 2. The average Bonchev–Trinajstić information content (AvgIpc) is 3.12. The molecule has 8 heteroatoms. The number of anilines is 3.